The van der Waals surface area contributed by atoms with Crippen LogP contribution < -0.4 is 4.90 Å². The van der Waals surface area contributed by atoms with E-state index in [1.54, 1.807) is 4.68 Å². The van der Waals surface area contributed by atoms with Crippen LogP contribution in [0.5, 0.6) is 0 Å². The highest BCUT2D eigenvalue weighted by molar-refractivity contribution is 9.10. The number of carbonyl (C=O) groups excluding carboxylic acids is 1. The first kappa shape index (κ1) is 16.7. The van der Waals surface area contributed by atoms with Gasteiger partial charge in [-0.2, -0.15) is 5.10 Å². The summed E-state index contributed by atoms with van der Waals surface area (Å²) in [5, 5.41) is 4.38. The van der Waals surface area contributed by atoms with Crippen LogP contribution >= 0.6 is 15.9 Å². The molecule has 7 heteroatoms. The molecule has 118 valence electrons. The van der Waals surface area contributed by atoms with E-state index in [2.05, 4.69) is 40.7 Å². The van der Waals surface area contributed by atoms with Crippen molar-refractivity contribution in [2.24, 2.45) is 0 Å². The number of carbonyl (C=O) groups is 1. The average Bonchev–Trinajstić information content (AvgIpc) is 2.75. The van der Waals surface area contributed by atoms with Gasteiger partial charge >= 0.3 is 0 Å². The Labute approximate surface area is 135 Å². The van der Waals surface area contributed by atoms with Gasteiger partial charge in [0.15, 0.2) is 0 Å². The number of aromatic nitrogens is 2. The summed E-state index contributed by atoms with van der Waals surface area (Å²) in [5.74, 6) is 1.01. The first-order valence-corrected chi connectivity index (χ1v) is 12.0. The summed E-state index contributed by atoms with van der Waals surface area (Å²) in [7, 11) is -1.08. The molecule has 5 nitrogen and oxygen atoms in total. The quantitative estimate of drug-likeness (QED) is 0.566. The first-order chi connectivity index (χ1) is 9.87. The van der Waals surface area contributed by atoms with Crippen molar-refractivity contribution in [3.63, 3.8) is 0 Å². The molecule has 1 aliphatic rings. The van der Waals surface area contributed by atoms with E-state index in [-0.39, 0.29) is 5.91 Å². The first-order valence-electron chi connectivity index (χ1n) is 7.48. The predicted octanol–water partition coefficient (Wildman–Crippen LogP) is 3.47. The van der Waals surface area contributed by atoms with Crippen molar-refractivity contribution in [3.05, 3.63) is 10.7 Å². The van der Waals surface area contributed by atoms with Crippen molar-refractivity contribution < 1.29 is 9.53 Å². The third-order valence-corrected chi connectivity index (χ3v) is 5.63. The predicted molar refractivity (Wildman–Crippen MR) is 90.2 cm³/mol. The molecule has 0 aliphatic carbocycles. The van der Waals surface area contributed by atoms with E-state index >= 15 is 0 Å². The number of anilines is 1. The van der Waals surface area contributed by atoms with E-state index in [9.17, 15) is 4.79 Å². The Balaban J connectivity index is 1.98. The minimum atomic E-state index is -1.08. The summed E-state index contributed by atoms with van der Waals surface area (Å²) in [6.45, 7) is 8.91. The van der Waals surface area contributed by atoms with Crippen molar-refractivity contribution in [2.75, 3.05) is 18.1 Å². The van der Waals surface area contributed by atoms with Gasteiger partial charge < -0.3 is 4.74 Å². The summed E-state index contributed by atoms with van der Waals surface area (Å²) >= 11 is 3.39. The van der Waals surface area contributed by atoms with Crippen molar-refractivity contribution in [2.45, 2.75) is 51.7 Å². The molecule has 1 fully saturated rings. The van der Waals surface area contributed by atoms with Gasteiger partial charge in [0.05, 0.1) is 0 Å². The molecular weight excluding hydrogens is 350 g/mol. The van der Waals surface area contributed by atoms with Gasteiger partial charge in [0.25, 0.3) is 0 Å². The van der Waals surface area contributed by atoms with Crippen LogP contribution in [-0.4, -0.2) is 36.9 Å². The summed E-state index contributed by atoms with van der Waals surface area (Å²) in [6, 6.07) is 3.03. The second-order valence-electron chi connectivity index (χ2n) is 6.68. The molecule has 0 spiro atoms. The Morgan fingerprint density at radius 1 is 1.38 bits per heavy atom. The van der Waals surface area contributed by atoms with Gasteiger partial charge in [-0.25, -0.2) is 4.68 Å². The molecule has 0 aromatic carbocycles. The number of nitrogens with zero attached hydrogens (tertiary/aromatic N) is 3. The van der Waals surface area contributed by atoms with E-state index in [0.29, 0.717) is 13.2 Å². The maximum atomic E-state index is 12.1. The molecule has 1 amide bonds. The fraction of sp³-hybridized carbons (Fsp3) is 0.714. The van der Waals surface area contributed by atoms with E-state index in [4.69, 9.17) is 4.74 Å². The number of hydrogen-bond acceptors (Lipinski definition) is 3. The second kappa shape index (κ2) is 7.06. The van der Waals surface area contributed by atoms with Gasteiger partial charge in [-0.3, -0.25) is 9.69 Å². The van der Waals surface area contributed by atoms with Crippen LogP contribution in [-0.2, 0) is 16.3 Å². The summed E-state index contributed by atoms with van der Waals surface area (Å²) in [5.41, 5.74) is 0. The molecule has 1 aliphatic heterocycles. The van der Waals surface area contributed by atoms with E-state index in [1.165, 1.54) is 0 Å². The van der Waals surface area contributed by atoms with E-state index < -0.39 is 8.07 Å². The van der Waals surface area contributed by atoms with Crippen LogP contribution in [0.4, 0.5) is 5.82 Å². The maximum Gasteiger partial charge on any atom is 0.228 e. The van der Waals surface area contributed by atoms with Gasteiger partial charge in [-0.05, 0) is 34.8 Å². The lowest BCUT2D eigenvalue weighted by Crippen LogP contribution is -2.37. The van der Waals surface area contributed by atoms with Crippen LogP contribution in [0.2, 0.25) is 25.7 Å². The van der Waals surface area contributed by atoms with E-state index in [1.807, 2.05) is 11.0 Å². The van der Waals surface area contributed by atoms with Crippen LogP contribution in [0, 0.1) is 0 Å². The second-order valence-corrected chi connectivity index (χ2v) is 13.1. The summed E-state index contributed by atoms with van der Waals surface area (Å²) < 4.78 is 8.27. The average molecular weight is 374 g/mol. The minimum Gasteiger partial charge on any atom is -0.359 e. The summed E-state index contributed by atoms with van der Waals surface area (Å²) in [4.78, 5) is 13.9. The number of ether oxygens (including phenoxy) is 1. The largest absolute Gasteiger partial charge is 0.359 e. The minimum absolute atomic E-state index is 0.178. The SMILES string of the molecule is C[Si](C)(C)CCOCn1nc(Br)cc1N1CCCCC1=O. The van der Waals surface area contributed by atoms with Crippen molar-refractivity contribution >= 4 is 35.7 Å². The lowest BCUT2D eigenvalue weighted by molar-refractivity contribution is -0.119. The van der Waals surface area contributed by atoms with Crippen molar-refractivity contribution in [1.82, 2.24) is 9.78 Å². The molecule has 0 radical (unpaired) electrons. The monoisotopic (exact) mass is 373 g/mol. The number of halogens is 1. The number of amides is 1. The van der Waals surface area contributed by atoms with Crippen molar-refractivity contribution in [3.8, 4) is 0 Å². The zero-order chi connectivity index (χ0) is 15.5. The molecule has 0 saturated carbocycles. The Hall–Kier alpha value is -0.663. The lowest BCUT2D eigenvalue weighted by atomic mass is 10.1. The molecule has 0 atom stereocenters. The van der Waals surface area contributed by atoms with Crippen LogP contribution in [0.3, 0.4) is 0 Å². The normalized spacial score (nSPS) is 16.6. The van der Waals surface area contributed by atoms with Crippen molar-refractivity contribution in [1.29, 1.82) is 0 Å². The Morgan fingerprint density at radius 2 is 2.14 bits per heavy atom. The van der Waals surface area contributed by atoms with Gasteiger partial charge in [0.2, 0.25) is 5.91 Å². The Kier molecular flexibility index (Phi) is 5.62. The third kappa shape index (κ3) is 4.93. The lowest BCUT2D eigenvalue weighted by Gasteiger charge is -2.27. The highest BCUT2D eigenvalue weighted by Crippen LogP contribution is 2.24. The Morgan fingerprint density at radius 3 is 2.81 bits per heavy atom. The summed E-state index contributed by atoms with van der Waals surface area (Å²) in [6.07, 6.45) is 2.65. The number of piperidine rings is 1. The third-order valence-electron chi connectivity index (χ3n) is 3.54. The molecule has 1 saturated heterocycles. The molecule has 2 rings (SSSR count). The van der Waals surface area contributed by atoms with Gasteiger partial charge in [-0.1, -0.05) is 19.6 Å². The smallest absolute Gasteiger partial charge is 0.228 e. The zero-order valence-electron chi connectivity index (χ0n) is 13.1. The zero-order valence-corrected chi connectivity index (χ0v) is 15.6. The fourth-order valence-electron chi connectivity index (χ4n) is 2.27. The van der Waals surface area contributed by atoms with Gasteiger partial charge in [-0.15, -0.1) is 0 Å². The maximum absolute atomic E-state index is 12.1. The molecule has 2 heterocycles. The van der Waals surface area contributed by atoms with Crippen LogP contribution in [0.25, 0.3) is 0 Å². The molecule has 0 N–H and O–H groups in total. The van der Waals surface area contributed by atoms with Crippen LogP contribution in [0.15, 0.2) is 10.7 Å². The van der Waals surface area contributed by atoms with Gasteiger partial charge in [0, 0.05) is 33.7 Å². The molecule has 0 bridgehead atoms. The molecular formula is C14H24BrN3O2Si. The molecule has 1 aromatic heterocycles. The number of rotatable bonds is 6. The highest BCUT2D eigenvalue weighted by atomic mass is 79.9. The standard InChI is InChI=1S/C14H24BrN3O2Si/c1-21(2,3)9-8-20-11-18-13(10-12(15)16-18)17-7-5-4-6-14(17)19/h10H,4-9,11H2,1-3H3. The number of hydrogen-bond donors (Lipinski definition) is 0. The molecule has 1 aromatic rings. The topological polar surface area (TPSA) is 47.4 Å². The Bertz CT molecular complexity index is 499. The van der Waals surface area contributed by atoms with Crippen LogP contribution in [0.1, 0.15) is 19.3 Å². The molecule has 21 heavy (non-hydrogen) atoms. The molecule has 0 unspecified atom stereocenters. The fourth-order valence-corrected chi connectivity index (χ4v) is 3.42. The van der Waals surface area contributed by atoms with E-state index in [0.717, 1.165) is 42.5 Å². The highest BCUT2D eigenvalue weighted by Gasteiger charge is 2.23. The van der Waals surface area contributed by atoms with Gasteiger partial charge in [0.1, 0.15) is 17.2 Å².